The highest BCUT2D eigenvalue weighted by atomic mass is 35.5. The van der Waals surface area contributed by atoms with Crippen molar-refractivity contribution in [3.8, 4) is 0 Å². The number of halogens is 1. The molecule has 5 heteroatoms. The molecule has 2 aliphatic heterocycles. The first-order chi connectivity index (χ1) is 9.22. The molecular weight excluding hydrogens is 264 g/mol. The first-order valence-electron chi connectivity index (χ1n) is 6.74. The molecule has 0 aromatic heterocycles. The molecule has 2 fully saturated rings. The van der Waals surface area contributed by atoms with Crippen molar-refractivity contribution in [1.29, 1.82) is 0 Å². The maximum Gasteiger partial charge on any atom is 0.186 e. The third-order valence-electron chi connectivity index (χ3n) is 3.85. The molecule has 1 aromatic carbocycles. The van der Waals surface area contributed by atoms with E-state index in [1.807, 2.05) is 12.1 Å². The van der Waals surface area contributed by atoms with Crippen LogP contribution in [-0.4, -0.2) is 32.1 Å². The molecule has 3 rings (SSSR count). The van der Waals surface area contributed by atoms with Crippen LogP contribution in [-0.2, 0) is 16.0 Å². The zero-order valence-corrected chi connectivity index (χ0v) is 11.7. The largest absolute Gasteiger partial charge is 0.366 e. The minimum absolute atomic E-state index is 0.405. The molecule has 19 heavy (non-hydrogen) atoms. The van der Waals surface area contributed by atoms with E-state index >= 15 is 0 Å². The Morgan fingerprint density at radius 3 is 2.79 bits per heavy atom. The van der Waals surface area contributed by atoms with Crippen LogP contribution >= 0.6 is 11.6 Å². The van der Waals surface area contributed by atoms with Crippen LogP contribution in [0.25, 0.3) is 0 Å². The number of rotatable bonds is 2. The molecule has 0 amide bonds. The molecule has 4 nitrogen and oxygen atoms in total. The first-order valence-corrected chi connectivity index (χ1v) is 7.12. The van der Waals surface area contributed by atoms with Crippen molar-refractivity contribution in [3.05, 3.63) is 28.8 Å². The van der Waals surface area contributed by atoms with Gasteiger partial charge in [0.25, 0.3) is 0 Å². The monoisotopic (exact) mass is 282 g/mol. The fraction of sp³-hybridized carbons (Fsp3) is 0.571. The summed E-state index contributed by atoms with van der Waals surface area (Å²) in [5.74, 6) is -0.405. The molecule has 2 aliphatic rings. The summed E-state index contributed by atoms with van der Waals surface area (Å²) < 4.78 is 11.6. The van der Waals surface area contributed by atoms with Gasteiger partial charge >= 0.3 is 0 Å². The Hall–Kier alpha value is -0.810. The average Bonchev–Trinajstić information content (AvgIpc) is 2.86. The summed E-state index contributed by atoms with van der Waals surface area (Å²) in [6.07, 6.45) is 2.04. The molecule has 1 spiro atoms. The van der Waals surface area contributed by atoms with E-state index in [1.54, 1.807) is 0 Å². The van der Waals surface area contributed by atoms with Crippen molar-refractivity contribution in [3.63, 3.8) is 0 Å². The van der Waals surface area contributed by atoms with Gasteiger partial charge in [0.15, 0.2) is 5.79 Å². The summed E-state index contributed by atoms with van der Waals surface area (Å²) in [6, 6.07) is 6.05. The molecule has 2 saturated heterocycles. The number of piperidine rings is 1. The fourth-order valence-electron chi connectivity index (χ4n) is 2.84. The van der Waals surface area contributed by atoms with Crippen LogP contribution in [0.1, 0.15) is 18.4 Å². The Morgan fingerprint density at radius 2 is 2.11 bits per heavy atom. The summed E-state index contributed by atoms with van der Waals surface area (Å²) in [7, 11) is 0. The molecule has 0 unspecified atom stereocenters. The van der Waals surface area contributed by atoms with Crippen molar-refractivity contribution < 1.29 is 9.47 Å². The number of hydrogen-bond acceptors (Lipinski definition) is 4. The number of hydrogen-bond donors (Lipinski definition) is 1. The minimum Gasteiger partial charge on any atom is -0.366 e. The van der Waals surface area contributed by atoms with E-state index in [-0.39, 0.29) is 0 Å². The molecule has 0 saturated carbocycles. The fourth-order valence-corrected chi connectivity index (χ4v) is 3.09. The lowest BCUT2D eigenvalue weighted by Gasteiger charge is -2.39. The SMILES string of the molecule is NCc1ccc(N2CCCC3(C2)OCCO3)cc1Cl. The summed E-state index contributed by atoms with van der Waals surface area (Å²) >= 11 is 6.23. The Kier molecular flexibility index (Phi) is 3.67. The van der Waals surface area contributed by atoms with Crippen molar-refractivity contribution >= 4 is 17.3 Å². The molecule has 0 atom stereocenters. The van der Waals surface area contributed by atoms with Crippen LogP contribution in [0.4, 0.5) is 5.69 Å². The van der Waals surface area contributed by atoms with Gasteiger partial charge < -0.3 is 20.1 Å². The van der Waals surface area contributed by atoms with E-state index in [0.29, 0.717) is 19.8 Å². The van der Waals surface area contributed by atoms with Gasteiger partial charge in [0.05, 0.1) is 19.8 Å². The van der Waals surface area contributed by atoms with Crippen LogP contribution in [0.3, 0.4) is 0 Å². The third kappa shape index (κ3) is 2.58. The average molecular weight is 283 g/mol. The van der Waals surface area contributed by atoms with E-state index in [2.05, 4.69) is 11.0 Å². The minimum atomic E-state index is -0.405. The molecule has 0 aliphatic carbocycles. The second kappa shape index (κ2) is 5.29. The van der Waals surface area contributed by atoms with E-state index in [1.165, 1.54) is 0 Å². The van der Waals surface area contributed by atoms with E-state index < -0.39 is 5.79 Å². The summed E-state index contributed by atoms with van der Waals surface area (Å²) in [5, 5.41) is 0.730. The second-order valence-corrected chi connectivity index (χ2v) is 5.52. The van der Waals surface area contributed by atoms with Gasteiger partial charge in [-0.25, -0.2) is 0 Å². The number of nitrogens with zero attached hydrogens (tertiary/aromatic N) is 1. The predicted molar refractivity (Wildman–Crippen MR) is 75.4 cm³/mol. The summed E-state index contributed by atoms with van der Waals surface area (Å²) in [6.45, 7) is 3.63. The van der Waals surface area contributed by atoms with Gasteiger partial charge in [-0.2, -0.15) is 0 Å². The van der Waals surface area contributed by atoms with Gasteiger partial charge in [-0.3, -0.25) is 0 Å². The van der Waals surface area contributed by atoms with Crippen molar-refractivity contribution in [2.45, 2.75) is 25.2 Å². The molecule has 0 bridgehead atoms. The van der Waals surface area contributed by atoms with Crippen LogP contribution in [0.15, 0.2) is 18.2 Å². The number of benzene rings is 1. The highest BCUT2D eigenvalue weighted by Gasteiger charge is 2.40. The van der Waals surface area contributed by atoms with Gasteiger partial charge in [0.1, 0.15) is 0 Å². The normalized spacial score (nSPS) is 22.1. The van der Waals surface area contributed by atoms with Gasteiger partial charge in [0.2, 0.25) is 0 Å². The topological polar surface area (TPSA) is 47.7 Å². The molecular formula is C14H19ClN2O2. The van der Waals surface area contributed by atoms with Crippen molar-refractivity contribution in [2.24, 2.45) is 5.73 Å². The van der Waals surface area contributed by atoms with Crippen LogP contribution in [0.2, 0.25) is 5.02 Å². The molecule has 1 aromatic rings. The molecule has 2 heterocycles. The van der Waals surface area contributed by atoms with E-state index in [4.69, 9.17) is 26.8 Å². The van der Waals surface area contributed by atoms with Gasteiger partial charge in [-0.15, -0.1) is 0 Å². The number of nitrogens with two attached hydrogens (primary N) is 1. The van der Waals surface area contributed by atoms with Gasteiger partial charge in [0, 0.05) is 30.2 Å². The maximum absolute atomic E-state index is 6.23. The summed E-state index contributed by atoms with van der Waals surface area (Å²) in [5.41, 5.74) is 7.72. The zero-order valence-electron chi connectivity index (χ0n) is 10.9. The van der Waals surface area contributed by atoms with Crippen LogP contribution in [0, 0.1) is 0 Å². The smallest absolute Gasteiger partial charge is 0.186 e. The number of anilines is 1. The Balaban J connectivity index is 1.79. The third-order valence-corrected chi connectivity index (χ3v) is 4.20. The van der Waals surface area contributed by atoms with Crippen molar-refractivity contribution in [1.82, 2.24) is 0 Å². The molecule has 104 valence electrons. The lowest BCUT2D eigenvalue weighted by atomic mass is 10.0. The number of ether oxygens (including phenoxy) is 2. The lowest BCUT2D eigenvalue weighted by molar-refractivity contribution is -0.161. The van der Waals surface area contributed by atoms with Gasteiger partial charge in [-0.1, -0.05) is 17.7 Å². The lowest BCUT2D eigenvalue weighted by Crippen LogP contribution is -2.49. The van der Waals surface area contributed by atoms with Crippen LogP contribution in [0.5, 0.6) is 0 Å². The van der Waals surface area contributed by atoms with Crippen molar-refractivity contribution in [2.75, 3.05) is 31.2 Å². The van der Waals surface area contributed by atoms with E-state index in [0.717, 1.165) is 42.2 Å². The van der Waals surface area contributed by atoms with Crippen LogP contribution < -0.4 is 10.6 Å². The molecule has 0 radical (unpaired) electrons. The predicted octanol–water partition coefficient (Wildman–Crippen LogP) is 2.14. The standard InChI is InChI=1S/C14H19ClN2O2/c15-13-8-12(3-2-11(13)9-16)17-5-1-4-14(10-17)18-6-7-19-14/h2-3,8H,1,4-7,9-10,16H2. The first kappa shape index (κ1) is 13.2. The highest BCUT2D eigenvalue weighted by Crippen LogP contribution is 2.33. The summed E-state index contributed by atoms with van der Waals surface area (Å²) in [4.78, 5) is 2.28. The highest BCUT2D eigenvalue weighted by molar-refractivity contribution is 6.31. The molecule has 2 N–H and O–H groups in total. The Morgan fingerprint density at radius 1 is 1.32 bits per heavy atom. The maximum atomic E-state index is 6.23. The van der Waals surface area contributed by atoms with E-state index in [9.17, 15) is 0 Å². The quantitative estimate of drug-likeness (QED) is 0.903. The second-order valence-electron chi connectivity index (χ2n) is 5.11. The van der Waals surface area contributed by atoms with Gasteiger partial charge in [-0.05, 0) is 24.1 Å². The zero-order chi connectivity index (χ0) is 13.3. The Bertz CT molecular complexity index is 461. The Labute approximate surface area is 118 Å².